The number of nitrogens with zero attached hydrogens (tertiary/aromatic N) is 3. The average molecular weight is 444 g/mol. The van der Waals surface area contributed by atoms with E-state index in [9.17, 15) is 10.1 Å². The Labute approximate surface area is 188 Å². The Morgan fingerprint density at radius 1 is 1.18 bits per heavy atom. The Hall–Kier alpha value is -4.65. The predicted octanol–water partition coefficient (Wildman–Crippen LogP) is 4.33. The number of fused-ring (bicyclic) bond motifs is 2. The van der Waals surface area contributed by atoms with E-state index < -0.39 is 6.09 Å². The van der Waals surface area contributed by atoms with Crippen molar-refractivity contribution in [2.45, 2.75) is 13.5 Å². The first-order chi connectivity index (χ1) is 16.0. The van der Waals surface area contributed by atoms with Crippen molar-refractivity contribution in [3.05, 3.63) is 53.2 Å². The van der Waals surface area contributed by atoms with Gasteiger partial charge in [-0.15, -0.1) is 0 Å². The molecule has 0 saturated heterocycles. The van der Waals surface area contributed by atoms with Crippen LogP contribution in [0.5, 0.6) is 11.5 Å². The number of amides is 1. The smallest absolute Gasteiger partial charge is 0.411 e. The van der Waals surface area contributed by atoms with Crippen molar-refractivity contribution >= 4 is 28.9 Å². The number of aromatic amines is 1. The molecule has 0 saturated carbocycles. The maximum Gasteiger partial charge on any atom is 0.411 e. The van der Waals surface area contributed by atoms with Crippen molar-refractivity contribution in [1.29, 1.82) is 5.26 Å². The van der Waals surface area contributed by atoms with Gasteiger partial charge in [-0.25, -0.2) is 14.3 Å². The normalized spacial score (nSPS) is 12.5. The predicted molar refractivity (Wildman–Crippen MR) is 121 cm³/mol. The third-order valence-corrected chi connectivity index (χ3v) is 5.49. The molecule has 2 aromatic carbocycles. The summed E-state index contributed by atoms with van der Waals surface area (Å²) in [6, 6.07) is 13.3. The van der Waals surface area contributed by atoms with Crippen molar-refractivity contribution in [2.24, 2.45) is 0 Å². The largest absolute Gasteiger partial charge is 0.493 e. The summed E-state index contributed by atoms with van der Waals surface area (Å²) in [6.07, 6.45) is -0.498. The fourth-order valence-corrected chi connectivity index (χ4v) is 3.84. The quantitative estimate of drug-likeness (QED) is 0.418. The lowest BCUT2D eigenvalue weighted by molar-refractivity contribution is 0.151. The van der Waals surface area contributed by atoms with Crippen molar-refractivity contribution < 1.29 is 19.0 Å². The first kappa shape index (κ1) is 20.3. The van der Waals surface area contributed by atoms with E-state index in [0.29, 0.717) is 45.6 Å². The van der Waals surface area contributed by atoms with E-state index in [1.54, 1.807) is 24.8 Å². The third-order valence-electron chi connectivity index (χ3n) is 5.49. The van der Waals surface area contributed by atoms with Gasteiger partial charge in [0, 0.05) is 22.9 Å². The summed E-state index contributed by atoms with van der Waals surface area (Å²) in [5.41, 5.74) is 5.29. The monoisotopic (exact) mass is 444 g/mol. The van der Waals surface area contributed by atoms with Crippen molar-refractivity contribution in [2.75, 3.05) is 24.9 Å². The maximum absolute atomic E-state index is 11.7. The fourth-order valence-electron chi connectivity index (χ4n) is 3.84. The molecule has 1 aliphatic heterocycles. The number of nitriles is 1. The number of aryl methyl sites for hydroxylation is 1. The van der Waals surface area contributed by atoms with E-state index in [4.69, 9.17) is 19.2 Å². The van der Waals surface area contributed by atoms with Crippen LogP contribution in [-0.4, -0.2) is 34.9 Å². The molecule has 0 aliphatic carbocycles. The van der Waals surface area contributed by atoms with Gasteiger partial charge in [-0.3, -0.25) is 10.4 Å². The summed E-state index contributed by atoms with van der Waals surface area (Å²) in [6.45, 7) is 2.03. The molecule has 33 heavy (non-hydrogen) atoms. The van der Waals surface area contributed by atoms with E-state index in [0.717, 1.165) is 16.8 Å². The minimum atomic E-state index is -0.498. The highest BCUT2D eigenvalue weighted by molar-refractivity contribution is 5.90. The van der Waals surface area contributed by atoms with Crippen LogP contribution in [0.25, 0.3) is 16.9 Å². The standard InChI is InChI=1S/C23H20N6O4/c1-12-16(10-24)21-27-20(13-4-5-14-11-33-23(30)26-17(14)8-13)22(29(21)28-12)25-15-6-7-18(31-2)19(9-15)32-3/h4-9,25,28H,11H2,1-3H3,(H,26,30). The molecular formula is C23H20N6O4. The number of hydrogen-bond acceptors (Lipinski definition) is 7. The molecule has 10 nitrogen and oxygen atoms in total. The zero-order valence-corrected chi connectivity index (χ0v) is 18.1. The highest BCUT2D eigenvalue weighted by Crippen LogP contribution is 2.37. The van der Waals surface area contributed by atoms with Gasteiger partial charge in [0.05, 0.1) is 25.6 Å². The summed E-state index contributed by atoms with van der Waals surface area (Å²) in [7, 11) is 3.15. The van der Waals surface area contributed by atoms with Crippen LogP contribution in [0.1, 0.15) is 16.8 Å². The zero-order chi connectivity index (χ0) is 23.1. The number of benzene rings is 2. The molecule has 3 heterocycles. The lowest BCUT2D eigenvalue weighted by Gasteiger charge is -2.18. The Morgan fingerprint density at radius 3 is 2.76 bits per heavy atom. The first-order valence-electron chi connectivity index (χ1n) is 10.1. The van der Waals surface area contributed by atoms with E-state index >= 15 is 0 Å². The van der Waals surface area contributed by atoms with Gasteiger partial charge in [0.1, 0.15) is 23.9 Å². The van der Waals surface area contributed by atoms with Gasteiger partial charge >= 0.3 is 6.09 Å². The molecular weight excluding hydrogens is 424 g/mol. The number of rotatable bonds is 5. The average Bonchev–Trinajstić information content (AvgIpc) is 3.32. The van der Waals surface area contributed by atoms with Gasteiger partial charge in [0.15, 0.2) is 23.0 Å². The number of anilines is 3. The number of methoxy groups -OCH3 is 2. The molecule has 0 bridgehead atoms. The van der Waals surface area contributed by atoms with Gasteiger partial charge in [-0.2, -0.15) is 5.26 Å². The van der Waals surface area contributed by atoms with E-state index in [2.05, 4.69) is 21.8 Å². The zero-order valence-electron chi connectivity index (χ0n) is 18.1. The lowest BCUT2D eigenvalue weighted by Crippen LogP contribution is -2.20. The van der Waals surface area contributed by atoms with Crippen LogP contribution in [0.3, 0.4) is 0 Å². The minimum absolute atomic E-state index is 0.208. The lowest BCUT2D eigenvalue weighted by atomic mass is 10.1. The van der Waals surface area contributed by atoms with Gasteiger partial charge in [0.25, 0.3) is 0 Å². The highest BCUT2D eigenvalue weighted by atomic mass is 16.5. The van der Waals surface area contributed by atoms with Gasteiger partial charge in [-0.1, -0.05) is 12.1 Å². The molecule has 0 atom stereocenters. The molecule has 166 valence electrons. The Kier molecular flexibility index (Phi) is 4.79. The first-order valence-corrected chi connectivity index (χ1v) is 10.1. The second kappa shape index (κ2) is 7.80. The maximum atomic E-state index is 11.7. The number of carbonyl (C=O) groups is 1. The molecule has 1 aliphatic rings. The molecule has 0 spiro atoms. The van der Waals surface area contributed by atoms with Crippen LogP contribution in [0.4, 0.5) is 22.0 Å². The highest BCUT2D eigenvalue weighted by Gasteiger charge is 2.23. The number of H-pyrrole nitrogens is 1. The number of imidazole rings is 1. The second-order valence-electron chi connectivity index (χ2n) is 7.46. The van der Waals surface area contributed by atoms with Crippen LogP contribution in [-0.2, 0) is 11.3 Å². The molecule has 0 radical (unpaired) electrons. The number of hydrogen-bond donors (Lipinski definition) is 3. The van der Waals surface area contributed by atoms with E-state index in [1.165, 1.54) is 0 Å². The second-order valence-corrected chi connectivity index (χ2v) is 7.46. The summed E-state index contributed by atoms with van der Waals surface area (Å²) < 4.78 is 17.5. The topological polar surface area (TPSA) is 126 Å². The molecule has 0 unspecified atom stereocenters. The molecule has 10 heteroatoms. The Morgan fingerprint density at radius 2 is 2.00 bits per heavy atom. The van der Waals surface area contributed by atoms with Crippen molar-refractivity contribution in [3.8, 4) is 28.8 Å². The van der Waals surface area contributed by atoms with Crippen LogP contribution in [0.15, 0.2) is 36.4 Å². The summed E-state index contributed by atoms with van der Waals surface area (Å²) >= 11 is 0. The SMILES string of the molecule is COc1ccc(Nc2c(-c3ccc4c(c3)NC(=O)OC4)nc3c(C#N)c(C)[nH]n23)cc1OC. The summed E-state index contributed by atoms with van der Waals surface area (Å²) in [5.74, 6) is 1.80. The van der Waals surface area contributed by atoms with Crippen LogP contribution in [0.2, 0.25) is 0 Å². The van der Waals surface area contributed by atoms with E-state index in [-0.39, 0.29) is 6.61 Å². The van der Waals surface area contributed by atoms with Crippen molar-refractivity contribution in [3.63, 3.8) is 0 Å². The number of carbonyl (C=O) groups excluding carboxylic acids is 1. The molecule has 1 amide bonds. The van der Waals surface area contributed by atoms with Crippen LogP contribution in [0, 0.1) is 18.3 Å². The van der Waals surface area contributed by atoms with Crippen LogP contribution < -0.4 is 20.1 Å². The summed E-state index contributed by atoms with van der Waals surface area (Å²) in [5, 5.41) is 18.9. The number of aromatic nitrogens is 3. The van der Waals surface area contributed by atoms with Gasteiger partial charge < -0.3 is 19.5 Å². The minimum Gasteiger partial charge on any atom is -0.493 e. The fraction of sp³-hybridized carbons (Fsp3) is 0.174. The van der Waals surface area contributed by atoms with Gasteiger partial charge in [0.2, 0.25) is 0 Å². The van der Waals surface area contributed by atoms with Gasteiger partial charge in [-0.05, 0) is 25.1 Å². The van der Waals surface area contributed by atoms with E-state index in [1.807, 2.05) is 37.3 Å². The Balaban J connectivity index is 1.66. The van der Waals surface area contributed by atoms with Crippen molar-refractivity contribution in [1.82, 2.24) is 14.6 Å². The third kappa shape index (κ3) is 3.36. The van der Waals surface area contributed by atoms with Crippen LogP contribution >= 0.6 is 0 Å². The Bertz CT molecular complexity index is 1450. The number of cyclic esters (lactones) is 1. The summed E-state index contributed by atoms with van der Waals surface area (Å²) in [4.78, 5) is 16.4. The molecule has 3 N–H and O–H groups in total. The molecule has 0 fully saturated rings. The molecule has 4 aromatic rings. The number of ether oxygens (including phenoxy) is 3. The molecule has 2 aromatic heterocycles. The molecule has 5 rings (SSSR count). The number of nitrogens with one attached hydrogen (secondary N) is 3.